The minimum atomic E-state index is -0.542. The number of nitrogens with zero attached hydrogens (tertiary/aromatic N) is 2. The first-order chi connectivity index (χ1) is 16.1. The summed E-state index contributed by atoms with van der Waals surface area (Å²) in [5.74, 6) is 0.363. The fraction of sp³-hybridized carbons (Fsp3) is 0.192. The van der Waals surface area contributed by atoms with Crippen molar-refractivity contribution in [2.75, 3.05) is 13.7 Å². The molecule has 0 aliphatic rings. The zero-order valence-electron chi connectivity index (χ0n) is 18.5. The number of hydrogen-bond acceptors (Lipinski definition) is 6. The van der Waals surface area contributed by atoms with E-state index in [2.05, 4.69) is 10.3 Å². The number of amides is 1. The Morgan fingerprint density at radius 1 is 1.00 bits per heavy atom. The highest BCUT2D eigenvalue weighted by atomic mass is 16.5. The minimum absolute atomic E-state index is 0.140. The first kappa shape index (κ1) is 22.1. The van der Waals surface area contributed by atoms with Gasteiger partial charge in [0.1, 0.15) is 23.7 Å². The van der Waals surface area contributed by atoms with Crippen LogP contribution in [0.5, 0.6) is 11.6 Å². The van der Waals surface area contributed by atoms with Gasteiger partial charge in [-0.15, -0.1) is 0 Å². The van der Waals surface area contributed by atoms with Gasteiger partial charge in [-0.3, -0.25) is 0 Å². The summed E-state index contributed by atoms with van der Waals surface area (Å²) in [4.78, 5) is 21.5. The Balaban J connectivity index is 1.62. The molecular weight excluding hydrogens is 418 g/mol. The molecular formula is C26H25N3O4. The predicted octanol–water partition coefficient (Wildman–Crippen LogP) is 4.71. The average molecular weight is 444 g/mol. The third-order valence-corrected chi connectivity index (χ3v) is 5.45. The number of hydrogen-bond donors (Lipinski definition) is 2. The van der Waals surface area contributed by atoms with Gasteiger partial charge in [0.15, 0.2) is 0 Å². The molecule has 0 bridgehead atoms. The van der Waals surface area contributed by atoms with Crippen LogP contribution in [0.25, 0.3) is 10.9 Å². The molecule has 33 heavy (non-hydrogen) atoms. The van der Waals surface area contributed by atoms with E-state index in [9.17, 15) is 9.90 Å². The lowest BCUT2D eigenvalue weighted by Gasteiger charge is -2.20. The number of carbonyl (C=O) groups is 1. The van der Waals surface area contributed by atoms with Crippen LogP contribution in [0.2, 0.25) is 0 Å². The first-order valence-electron chi connectivity index (χ1n) is 10.6. The predicted molar refractivity (Wildman–Crippen MR) is 125 cm³/mol. The summed E-state index contributed by atoms with van der Waals surface area (Å²) in [5, 5.41) is 13.9. The third kappa shape index (κ3) is 5.03. The van der Waals surface area contributed by atoms with E-state index in [1.165, 1.54) is 0 Å². The van der Waals surface area contributed by atoms with Crippen molar-refractivity contribution < 1.29 is 19.4 Å². The summed E-state index contributed by atoms with van der Waals surface area (Å²) < 4.78 is 10.8. The van der Waals surface area contributed by atoms with Crippen molar-refractivity contribution in [2.24, 2.45) is 0 Å². The molecule has 0 fully saturated rings. The van der Waals surface area contributed by atoms with Crippen molar-refractivity contribution in [2.45, 2.75) is 19.4 Å². The number of rotatable bonds is 7. The van der Waals surface area contributed by atoms with Gasteiger partial charge in [-0.2, -0.15) is 4.98 Å². The molecule has 1 aromatic heterocycles. The molecule has 0 spiro atoms. The van der Waals surface area contributed by atoms with Gasteiger partial charge in [-0.05, 0) is 35.7 Å². The Morgan fingerprint density at radius 3 is 2.52 bits per heavy atom. The molecule has 1 heterocycles. The van der Waals surface area contributed by atoms with Gasteiger partial charge in [-0.25, -0.2) is 9.78 Å². The Bertz CT molecular complexity index is 1260. The molecule has 4 aromatic rings. The van der Waals surface area contributed by atoms with Crippen LogP contribution in [-0.4, -0.2) is 34.8 Å². The number of methoxy groups -OCH3 is 1. The zero-order valence-corrected chi connectivity index (χ0v) is 18.5. The van der Waals surface area contributed by atoms with Crippen LogP contribution >= 0.6 is 0 Å². The maximum atomic E-state index is 12.4. The van der Waals surface area contributed by atoms with Crippen molar-refractivity contribution in [3.63, 3.8) is 0 Å². The molecule has 0 saturated carbocycles. The molecule has 3 aromatic carbocycles. The summed E-state index contributed by atoms with van der Waals surface area (Å²) in [5.41, 5.74) is 3.37. The Morgan fingerprint density at radius 2 is 1.76 bits per heavy atom. The number of ether oxygens (including phenoxy) is 2. The molecule has 7 heteroatoms. The normalized spacial score (nSPS) is 11.7. The van der Waals surface area contributed by atoms with Crippen molar-refractivity contribution in [1.29, 1.82) is 0 Å². The van der Waals surface area contributed by atoms with E-state index in [0.29, 0.717) is 22.5 Å². The van der Waals surface area contributed by atoms with Crippen molar-refractivity contribution >= 4 is 17.0 Å². The number of alkyl carbamates (subject to hydrolysis) is 1. The monoisotopic (exact) mass is 443 g/mol. The largest absolute Gasteiger partial charge is 0.494 e. The molecule has 1 amide bonds. The van der Waals surface area contributed by atoms with Crippen LogP contribution in [0.15, 0.2) is 72.8 Å². The number of nitrogens with one attached hydrogen (secondary N) is 1. The van der Waals surface area contributed by atoms with E-state index in [4.69, 9.17) is 14.5 Å². The first-order valence-corrected chi connectivity index (χ1v) is 10.6. The molecule has 0 radical (unpaired) electrons. The highest BCUT2D eigenvalue weighted by molar-refractivity contribution is 5.88. The lowest BCUT2D eigenvalue weighted by atomic mass is 9.93. The van der Waals surface area contributed by atoms with Crippen molar-refractivity contribution in [1.82, 2.24) is 15.3 Å². The van der Waals surface area contributed by atoms with Gasteiger partial charge in [-0.1, -0.05) is 60.7 Å². The number of aromatic hydroxyl groups is 1. The lowest BCUT2D eigenvalue weighted by molar-refractivity contribution is 0.139. The van der Waals surface area contributed by atoms with Gasteiger partial charge >= 0.3 is 6.09 Å². The third-order valence-electron chi connectivity index (χ3n) is 5.45. The van der Waals surface area contributed by atoms with E-state index in [0.717, 1.165) is 16.7 Å². The average Bonchev–Trinajstić information content (AvgIpc) is 2.84. The quantitative estimate of drug-likeness (QED) is 0.430. The lowest BCUT2D eigenvalue weighted by Crippen LogP contribution is -2.30. The standard InChI is InChI=1S/C26H25N3O4/c1-17-9-6-7-12-19(17)21(15-27-26(31)33-16-18-10-4-3-5-11-18)24-28-23-20(25(30)29-24)13-8-14-22(23)32-2/h3-14,21H,15-16H2,1-2H3,(H,27,31)(H,28,29,30). The molecule has 168 valence electrons. The maximum absolute atomic E-state index is 12.4. The highest BCUT2D eigenvalue weighted by Gasteiger charge is 2.23. The fourth-order valence-electron chi connectivity index (χ4n) is 3.72. The van der Waals surface area contributed by atoms with Crippen LogP contribution in [0, 0.1) is 6.92 Å². The SMILES string of the molecule is COc1cccc2c(O)nc(C(CNC(=O)OCc3ccccc3)c3ccccc3C)nc12. The topological polar surface area (TPSA) is 93.6 Å². The second-order valence-corrected chi connectivity index (χ2v) is 7.61. The van der Waals surface area contributed by atoms with Gasteiger partial charge in [0.25, 0.3) is 0 Å². The summed E-state index contributed by atoms with van der Waals surface area (Å²) >= 11 is 0. The van der Waals surface area contributed by atoms with Crippen LogP contribution in [0.4, 0.5) is 4.79 Å². The van der Waals surface area contributed by atoms with Crippen molar-refractivity contribution in [3.05, 3.63) is 95.3 Å². The number of aromatic nitrogens is 2. The zero-order chi connectivity index (χ0) is 23.2. The summed E-state index contributed by atoms with van der Waals surface area (Å²) in [6.07, 6.45) is -0.542. The number of aryl methyl sites for hydroxylation is 1. The maximum Gasteiger partial charge on any atom is 0.407 e. The fourth-order valence-corrected chi connectivity index (χ4v) is 3.72. The minimum Gasteiger partial charge on any atom is -0.494 e. The van der Waals surface area contributed by atoms with Gasteiger partial charge in [0.05, 0.1) is 18.4 Å². The summed E-state index contributed by atoms with van der Waals surface area (Å²) in [6, 6.07) is 22.6. The molecule has 0 saturated heterocycles. The number of fused-ring (bicyclic) bond motifs is 1. The summed E-state index contributed by atoms with van der Waals surface area (Å²) in [6.45, 7) is 2.35. The van der Waals surface area contributed by atoms with Gasteiger partial charge < -0.3 is 19.9 Å². The van der Waals surface area contributed by atoms with Crippen molar-refractivity contribution in [3.8, 4) is 11.6 Å². The van der Waals surface area contributed by atoms with E-state index < -0.39 is 12.0 Å². The van der Waals surface area contributed by atoms with Crippen LogP contribution in [0.3, 0.4) is 0 Å². The molecule has 7 nitrogen and oxygen atoms in total. The molecule has 2 N–H and O–H groups in total. The molecule has 1 unspecified atom stereocenters. The van der Waals surface area contributed by atoms with E-state index >= 15 is 0 Å². The van der Waals surface area contributed by atoms with E-state index in [-0.39, 0.29) is 19.0 Å². The smallest absolute Gasteiger partial charge is 0.407 e. The molecule has 0 aliphatic heterocycles. The van der Waals surface area contributed by atoms with E-state index in [1.54, 1.807) is 25.3 Å². The van der Waals surface area contributed by atoms with Crippen LogP contribution in [-0.2, 0) is 11.3 Å². The Labute approximate surface area is 192 Å². The molecule has 4 rings (SSSR count). The van der Waals surface area contributed by atoms with Gasteiger partial charge in [0.2, 0.25) is 5.88 Å². The van der Waals surface area contributed by atoms with Crippen LogP contribution < -0.4 is 10.1 Å². The Kier molecular flexibility index (Phi) is 6.69. The molecule has 0 aliphatic carbocycles. The second-order valence-electron chi connectivity index (χ2n) is 7.61. The highest BCUT2D eigenvalue weighted by Crippen LogP contribution is 2.32. The number of carbonyl (C=O) groups excluding carboxylic acids is 1. The number of benzene rings is 3. The molecule has 1 atom stereocenters. The van der Waals surface area contributed by atoms with E-state index in [1.807, 2.05) is 61.5 Å². The van der Waals surface area contributed by atoms with Crippen LogP contribution in [0.1, 0.15) is 28.4 Å². The van der Waals surface area contributed by atoms with Gasteiger partial charge in [0, 0.05) is 6.54 Å². The summed E-state index contributed by atoms with van der Waals surface area (Å²) in [7, 11) is 1.55. The number of para-hydroxylation sites is 1. The second kappa shape index (κ2) is 9.99. The Hall–Kier alpha value is -4.13.